The molecule has 0 aromatic heterocycles. The van der Waals surface area contributed by atoms with Gasteiger partial charge >= 0.3 is 0 Å². The molecule has 0 aliphatic rings. The fraction of sp³-hybridized carbons (Fsp3) is 0.400. The Labute approximate surface area is 69.1 Å². The van der Waals surface area contributed by atoms with E-state index in [9.17, 15) is 0 Å². The summed E-state index contributed by atoms with van der Waals surface area (Å²) in [5, 5.41) is 0. The highest BCUT2D eigenvalue weighted by molar-refractivity contribution is 5.10. The van der Waals surface area contributed by atoms with Crippen molar-refractivity contribution in [2.24, 2.45) is 5.41 Å². The maximum atomic E-state index is 4.82. The fourth-order valence-corrected chi connectivity index (χ4v) is 0.615. The van der Waals surface area contributed by atoms with Gasteiger partial charge in [0, 0.05) is 5.41 Å². The van der Waals surface area contributed by atoms with E-state index < -0.39 is 0 Å². The number of methoxy groups -OCH3 is 1. The highest BCUT2D eigenvalue weighted by atomic mass is 16.5. The van der Waals surface area contributed by atoms with Crippen molar-refractivity contribution >= 4 is 0 Å². The predicted molar refractivity (Wildman–Crippen MR) is 49.3 cm³/mol. The lowest BCUT2D eigenvalue weighted by atomic mass is 9.93. The molecule has 0 atom stereocenters. The summed E-state index contributed by atoms with van der Waals surface area (Å²) in [6.07, 6.45) is 9.44. The smallest absolute Gasteiger partial charge is 0.0793 e. The Kier molecular flexibility index (Phi) is 4.35. The molecule has 0 aromatic carbocycles. The molecule has 1 nitrogen and oxygen atoms in total. The van der Waals surface area contributed by atoms with Crippen LogP contribution in [-0.4, -0.2) is 7.11 Å². The molecular weight excluding hydrogens is 136 g/mol. The predicted octanol–water partition coefficient (Wildman–Crippen LogP) is 2.91. The second-order valence-corrected chi connectivity index (χ2v) is 2.95. The number of hydrogen-bond donors (Lipinski definition) is 0. The molecule has 0 spiro atoms. The third kappa shape index (κ3) is 5.46. The van der Waals surface area contributed by atoms with Crippen LogP contribution in [0.2, 0.25) is 0 Å². The van der Waals surface area contributed by atoms with Gasteiger partial charge in [-0.1, -0.05) is 38.7 Å². The van der Waals surface area contributed by atoms with E-state index in [-0.39, 0.29) is 5.41 Å². The maximum Gasteiger partial charge on any atom is 0.0793 e. The maximum absolute atomic E-state index is 4.82. The minimum Gasteiger partial charge on any atom is -0.505 e. The summed E-state index contributed by atoms with van der Waals surface area (Å²) in [6.45, 7) is 7.80. The lowest BCUT2D eigenvalue weighted by Crippen LogP contribution is -2.01. The Balaban J connectivity index is 4.09. The molecule has 0 unspecified atom stereocenters. The van der Waals surface area contributed by atoms with Gasteiger partial charge < -0.3 is 4.74 Å². The van der Waals surface area contributed by atoms with Crippen molar-refractivity contribution in [3.05, 3.63) is 37.1 Å². The highest BCUT2D eigenvalue weighted by Crippen LogP contribution is 2.18. The molecule has 0 radical (unpaired) electrons. The molecule has 0 bridgehead atoms. The summed E-state index contributed by atoms with van der Waals surface area (Å²) in [6, 6.07) is 0. The number of rotatable bonds is 4. The largest absolute Gasteiger partial charge is 0.505 e. The van der Waals surface area contributed by atoms with Crippen molar-refractivity contribution in [2.45, 2.75) is 13.8 Å². The topological polar surface area (TPSA) is 9.23 Å². The third-order valence-corrected chi connectivity index (χ3v) is 1.30. The zero-order valence-electron chi connectivity index (χ0n) is 7.50. The first kappa shape index (κ1) is 10.0. The van der Waals surface area contributed by atoms with E-state index in [0.29, 0.717) is 0 Å². The van der Waals surface area contributed by atoms with Crippen molar-refractivity contribution in [2.75, 3.05) is 7.11 Å². The zero-order chi connectivity index (χ0) is 8.74. The number of hydrogen-bond acceptors (Lipinski definition) is 1. The molecule has 0 aromatic rings. The van der Waals surface area contributed by atoms with Crippen molar-refractivity contribution in [1.29, 1.82) is 0 Å². The van der Waals surface area contributed by atoms with Crippen LogP contribution in [0.25, 0.3) is 0 Å². The quantitative estimate of drug-likeness (QED) is 0.444. The van der Waals surface area contributed by atoms with Crippen LogP contribution in [0.15, 0.2) is 37.1 Å². The van der Waals surface area contributed by atoms with E-state index in [4.69, 9.17) is 4.74 Å². The van der Waals surface area contributed by atoms with Crippen LogP contribution < -0.4 is 0 Å². The Hall–Kier alpha value is -0.980. The lowest BCUT2D eigenvalue weighted by Gasteiger charge is -2.12. The minimum atomic E-state index is 0.0458. The summed E-state index contributed by atoms with van der Waals surface area (Å²) in [4.78, 5) is 0. The average Bonchev–Trinajstić information content (AvgIpc) is 1.97. The summed E-state index contributed by atoms with van der Waals surface area (Å²) >= 11 is 0. The Morgan fingerprint density at radius 1 is 1.27 bits per heavy atom. The molecule has 0 aliphatic heterocycles. The lowest BCUT2D eigenvalue weighted by molar-refractivity contribution is 0.331. The van der Waals surface area contributed by atoms with Crippen molar-refractivity contribution in [3.8, 4) is 0 Å². The number of allylic oxidation sites excluding steroid dienone is 4. The first-order chi connectivity index (χ1) is 5.12. The van der Waals surface area contributed by atoms with Crippen LogP contribution >= 0.6 is 0 Å². The van der Waals surface area contributed by atoms with Crippen LogP contribution in [0, 0.1) is 5.41 Å². The van der Waals surface area contributed by atoms with Crippen LogP contribution in [0.3, 0.4) is 0 Å². The second-order valence-electron chi connectivity index (χ2n) is 2.95. The van der Waals surface area contributed by atoms with Gasteiger partial charge in [-0.05, 0) is 6.08 Å². The molecule has 0 rings (SSSR count). The Morgan fingerprint density at radius 3 is 2.36 bits per heavy atom. The molecule has 0 N–H and O–H groups in total. The van der Waals surface area contributed by atoms with Crippen molar-refractivity contribution in [3.63, 3.8) is 0 Å². The molecule has 0 amide bonds. The van der Waals surface area contributed by atoms with Crippen molar-refractivity contribution < 1.29 is 4.74 Å². The van der Waals surface area contributed by atoms with E-state index in [0.717, 1.165) is 0 Å². The number of ether oxygens (including phenoxy) is 1. The minimum absolute atomic E-state index is 0.0458. The normalized spacial score (nSPS) is 12.6. The van der Waals surface area contributed by atoms with Crippen LogP contribution in [0.5, 0.6) is 0 Å². The third-order valence-electron chi connectivity index (χ3n) is 1.30. The van der Waals surface area contributed by atoms with E-state index in [1.807, 2.05) is 12.2 Å². The first-order valence-corrected chi connectivity index (χ1v) is 3.63. The van der Waals surface area contributed by atoms with Gasteiger partial charge in [0.05, 0.1) is 13.4 Å². The van der Waals surface area contributed by atoms with Crippen LogP contribution in [0.1, 0.15) is 13.8 Å². The van der Waals surface area contributed by atoms with E-state index >= 15 is 0 Å². The summed E-state index contributed by atoms with van der Waals surface area (Å²) in [7, 11) is 1.64. The van der Waals surface area contributed by atoms with Gasteiger partial charge in [0.25, 0.3) is 0 Å². The van der Waals surface area contributed by atoms with Crippen LogP contribution in [0.4, 0.5) is 0 Å². The van der Waals surface area contributed by atoms with Gasteiger partial charge in [-0.2, -0.15) is 0 Å². The average molecular weight is 152 g/mol. The van der Waals surface area contributed by atoms with Gasteiger partial charge in [-0.25, -0.2) is 0 Å². The van der Waals surface area contributed by atoms with E-state index in [2.05, 4.69) is 26.5 Å². The van der Waals surface area contributed by atoms with Gasteiger partial charge in [0.2, 0.25) is 0 Å². The van der Waals surface area contributed by atoms with Gasteiger partial charge in [-0.15, -0.1) is 0 Å². The molecule has 1 heteroatoms. The molecule has 62 valence electrons. The monoisotopic (exact) mass is 152 g/mol. The van der Waals surface area contributed by atoms with Gasteiger partial charge in [0.15, 0.2) is 0 Å². The molecule has 0 heterocycles. The zero-order valence-corrected chi connectivity index (χ0v) is 7.50. The van der Waals surface area contributed by atoms with E-state index in [1.165, 1.54) is 0 Å². The first-order valence-electron chi connectivity index (χ1n) is 3.63. The summed E-state index contributed by atoms with van der Waals surface area (Å²) in [5.41, 5.74) is 0.0458. The molecule has 0 aliphatic carbocycles. The van der Waals surface area contributed by atoms with Crippen LogP contribution in [-0.2, 0) is 4.74 Å². The fourth-order valence-electron chi connectivity index (χ4n) is 0.615. The molecule has 0 saturated heterocycles. The van der Waals surface area contributed by atoms with E-state index in [1.54, 1.807) is 19.4 Å². The molecule has 0 fully saturated rings. The SMILES string of the molecule is C=C/C=C/C(C)(C)/C=C\OC. The Bertz CT molecular complexity index is 164. The van der Waals surface area contributed by atoms with Gasteiger partial charge in [-0.3, -0.25) is 0 Å². The molecule has 11 heavy (non-hydrogen) atoms. The summed E-state index contributed by atoms with van der Waals surface area (Å²) < 4.78 is 4.82. The van der Waals surface area contributed by atoms with Gasteiger partial charge in [0.1, 0.15) is 0 Å². The summed E-state index contributed by atoms with van der Waals surface area (Å²) in [5.74, 6) is 0. The standard InChI is InChI=1S/C10H16O/c1-5-6-7-10(2,3)8-9-11-4/h5-9H,1H2,2-4H3/b7-6+,9-8-. The molecular formula is C10H16O. The second kappa shape index (κ2) is 4.78. The van der Waals surface area contributed by atoms with Crippen molar-refractivity contribution in [1.82, 2.24) is 0 Å². The Morgan fingerprint density at radius 2 is 1.91 bits per heavy atom. The molecule has 0 saturated carbocycles. The highest BCUT2D eigenvalue weighted by Gasteiger charge is 2.07.